The maximum Gasteiger partial charge on any atom is 0.00106 e. The molecule has 0 atom stereocenters. The minimum atomic E-state index is 1.10. The molecule has 1 rings (SSSR count). The Labute approximate surface area is 95.6 Å². The average Bonchev–Trinajstić information content (AvgIpc) is 2.17. The van der Waals surface area contributed by atoms with E-state index >= 15 is 0 Å². The second-order valence-electron chi connectivity index (χ2n) is 2.61. The van der Waals surface area contributed by atoms with E-state index in [0.29, 0.717) is 0 Å². The molecular weight excluding hydrogens is 299 g/mol. The summed E-state index contributed by atoms with van der Waals surface area (Å²) < 4.78 is 0. The summed E-state index contributed by atoms with van der Waals surface area (Å²) >= 11 is 6.70. The Balaban J connectivity index is 2.65. The van der Waals surface area contributed by atoms with E-state index in [1.165, 1.54) is 22.7 Å². The maximum absolute atomic E-state index is 4.36. The van der Waals surface area contributed by atoms with Gasteiger partial charge in [-0.15, -0.1) is 12.6 Å². The summed E-state index contributed by atoms with van der Waals surface area (Å²) in [7, 11) is 1.81. The van der Waals surface area contributed by atoms with E-state index in [1.54, 1.807) is 0 Å². The van der Waals surface area contributed by atoms with Gasteiger partial charge in [0.1, 0.15) is 0 Å². The van der Waals surface area contributed by atoms with Crippen LogP contribution in [0.1, 0.15) is 19.3 Å². The molecule has 3 heteroatoms. The van der Waals surface area contributed by atoms with Gasteiger partial charge < -0.3 is 0 Å². The van der Waals surface area contributed by atoms with Gasteiger partial charge in [0.2, 0.25) is 0 Å². The number of halogens is 1. The Bertz CT molecular complexity index is 229. The molecule has 12 heavy (non-hydrogen) atoms. The number of rotatable bonds is 1. The lowest BCUT2D eigenvalue weighted by Gasteiger charge is -2.00. The normalized spacial score (nSPS) is 30.2. The van der Waals surface area contributed by atoms with E-state index in [2.05, 4.69) is 58.1 Å². The summed E-state index contributed by atoms with van der Waals surface area (Å²) in [5.41, 5.74) is 0. The van der Waals surface area contributed by atoms with Gasteiger partial charge in [0.25, 0.3) is 0 Å². The molecule has 66 valence electrons. The zero-order valence-electron chi connectivity index (χ0n) is 6.66. The van der Waals surface area contributed by atoms with Crippen molar-refractivity contribution in [2.45, 2.75) is 19.3 Å². The Kier molecular flexibility index (Phi) is 5.50. The fourth-order valence-corrected chi connectivity index (χ4v) is 2.70. The topological polar surface area (TPSA) is 0 Å². The van der Waals surface area contributed by atoms with Gasteiger partial charge in [0.15, 0.2) is 0 Å². The lowest BCUT2D eigenvalue weighted by atomic mass is 10.2. The van der Waals surface area contributed by atoms with E-state index < -0.39 is 0 Å². The Morgan fingerprint density at radius 1 is 1.25 bits per heavy atom. The Hall–Kier alpha value is 0.650. The highest BCUT2D eigenvalue weighted by atomic mass is 127. The predicted octanol–water partition coefficient (Wildman–Crippen LogP) is 4.51. The maximum atomic E-state index is 4.36. The van der Waals surface area contributed by atoms with Crippen LogP contribution in [0.3, 0.4) is 0 Å². The van der Waals surface area contributed by atoms with Crippen LogP contribution in [0.15, 0.2) is 34.1 Å². The minimum Gasteiger partial charge on any atom is -0.148 e. The highest BCUT2D eigenvalue weighted by Gasteiger charge is 1.98. The second kappa shape index (κ2) is 6.16. The summed E-state index contributed by atoms with van der Waals surface area (Å²) in [5.74, 6) is 0. The number of allylic oxidation sites excluding steroid dienone is 6. The van der Waals surface area contributed by atoms with Crippen LogP contribution in [0, 0.1) is 0 Å². The molecule has 0 saturated carbocycles. The third kappa shape index (κ3) is 4.05. The molecule has 0 aliphatic heterocycles. The van der Waals surface area contributed by atoms with Gasteiger partial charge >= 0.3 is 0 Å². The molecular formula is C9H11IS2. The molecule has 0 aromatic heterocycles. The van der Waals surface area contributed by atoms with Crippen LogP contribution in [0.5, 0.6) is 0 Å². The lowest BCUT2D eigenvalue weighted by Crippen LogP contribution is -1.77. The molecule has 0 bridgehead atoms. The molecule has 0 fully saturated rings. The van der Waals surface area contributed by atoms with Crippen LogP contribution >= 0.6 is 42.8 Å². The molecule has 0 heterocycles. The molecule has 0 N–H and O–H groups in total. The molecule has 0 spiro atoms. The van der Waals surface area contributed by atoms with Gasteiger partial charge in [-0.3, -0.25) is 0 Å². The van der Waals surface area contributed by atoms with Gasteiger partial charge in [0, 0.05) is 21.2 Å². The van der Waals surface area contributed by atoms with Gasteiger partial charge in [0.05, 0.1) is 0 Å². The summed E-state index contributed by atoms with van der Waals surface area (Å²) in [6.45, 7) is 0. The summed E-state index contributed by atoms with van der Waals surface area (Å²) in [6.07, 6.45) is 11.9. The molecule has 0 unspecified atom stereocenters. The van der Waals surface area contributed by atoms with Crippen molar-refractivity contribution in [3.05, 3.63) is 34.1 Å². The lowest BCUT2D eigenvalue weighted by molar-refractivity contribution is 0.855. The van der Waals surface area contributed by atoms with Crippen molar-refractivity contribution in [2.75, 3.05) is 0 Å². The first-order chi connectivity index (χ1) is 5.83. The average molecular weight is 310 g/mol. The molecule has 1 aliphatic rings. The Morgan fingerprint density at radius 3 is 2.75 bits per heavy atom. The molecule has 1 aliphatic carbocycles. The molecule has 0 saturated heterocycles. The Morgan fingerprint density at radius 2 is 2.00 bits per heavy atom. The van der Waals surface area contributed by atoms with Crippen molar-refractivity contribution in [1.29, 1.82) is 0 Å². The first-order valence-electron chi connectivity index (χ1n) is 3.87. The standard InChI is InChI=1S/C9H11IS2/c10-12-9-6-2-1-4-8(11)5-3-7-9/h1-2,4,6,11H,3,5,7H2/b2-1-,8-4+,9-6+. The molecule has 0 radical (unpaired) electrons. The quantitative estimate of drug-likeness (QED) is 0.549. The molecule has 0 nitrogen and oxygen atoms in total. The van der Waals surface area contributed by atoms with Gasteiger partial charge in [-0.05, 0) is 29.1 Å². The van der Waals surface area contributed by atoms with Crippen molar-refractivity contribution >= 4 is 42.8 Å². The van der Waals surface area contributed by atoms with Crippen molar-refractivity contribution in [2.24, 2.45) is 0 Å². The highest BCUT2D eigenvalue weighted by Crippen LogP contribution is 2.29. The summed E-state index contributed by atoms with van der Waals surface area (Å²) in [5, 5.41) is 0. The van der Waals surface area contributed by atoms with Crippen LogP contribution in [0.4, 0.5) is 0 Å². The third-order valence-electron chi connectivity index (χ3n) is 1.64. The van der Waals surface area contributed by atoms with Crippen molar-refractivity contribution in [3.63, 3.8) is 0 Å². The van der Waals surface area contributed by atoms with Gasteiger partial charge in [-0.2, -0.15) is 0 Å². The van der Waals surface area contributed by atoms with Crippen molar-refractivity contribution < 1.29 is 0 Å². The largest absolute Gasteiger partial charge is 0.148 e. The van der Waals surface area contributed by atoms with Crippen LogP contribution in [-0.2, 0) is 0 Å². The second-order valence-corrected chi connectivity index (χ2v) is 5.18. The SMILES string of the molecule is S/C1=C/C=C\C=C(\SI)CCC1. The predicted molar refractivity (Wildman–Crippen MR) is 69.8 cm³/mol. The van der Waals surface area contributed by atoms with Gasteiger partial charge in [-0.25, -0.2) is 0 Å². The summed E-state index contributed by atoms with van der Waals surface area (Å²) in [4.78, 5) is 2.63. The number of hydrogen-bond donors (Lipinski definition) is 1. The highest BCUT2D eigenvalue weighted by molar-refractivity contribution is 14.2. The number of hydrogen-bond acceptors (Lipinski definition) is 2. The number of thiol groups is 1. The molecule has 0 amide bonds. The van der Waals surface area contributed by atoms with Crippen molar-refractivity contribution in [1.82, 2.24) is 0 Å². The van der Waals surface area contributed by atoms with E-state index in [-0.39, 0.29) is 0 Å². The van der Waals surface area contributed by atoms with E-state index in [0.717, 1.165) is 6.42 Å². The minimum absolute atomic E-state index is 1.10. The van der Waals surface area contributed by atoms with Crippen LogP contribution in [0.2, 0.25) is 0 Å². The molecule has 0 aromatic rings. The van der Waals surface area contributed by atoms with E-state index in [9.17, 15) is 0 Å². The molecule has 0 aromatic carbocycles. The monoisotopic (exact) mass is 310 g/mol. The third-order valence-corrected chi connectivity index (χ3v) is 4.25. The summed E-state index contributed by atoms with van der Waals surface area (Å²) in [6, 6.07) is 0. The van der Waals surface area contributed by atoms with Crippen LogP contribution in [-0.4, -0.2) is 0 Å². The van der Waals surface area contributed by atoms with E-state index in [4.69, 9.17) is 0 Å². The van der Waals surface area contributed by atoms with E-state index in [1.807, 2.05) is 8.93 Å². The van der Waals surface area contributed by atoms with Gasteiger partial charge in [-0.1, -0.05) is 33.2 Å². The fraction of sp³-hybridized carbons (Fsp3) is 0.333. The van der Waals surface area contributed by atoms with Crippen LogP contribution in [0.25, 0.3) is 0 Å². The smallest absolute Gasteiger partial charge is 0.00106 e. The zero-order chi connectivity index (χ0) is 8.81. The van der Waals surface area contributed by atoms with Crippen molar-refractivity contribution in [3.8, 4) is 0 Å². The zero-order valence-corrected chi connectivity index (χ0v) is 10.5. The fourth-order valence-electron chi connectivity index (χ4n) is 1.00. The first-order valence-corrected chi connectivity index (χ1v) is 7.67. The van der Waals surface area contributed by atoms with Crippen LogP contribution < -0.4 is 0 Å². The first kappa shape index (κ1) is 10.7.